The van der Waals surface area contributed by atoms with Crippen molar-refractivity contribution >= 4 is 34.4 Å². The van der Waals surface area contributed by atoms with Crippen LogP contribution in [0.25, 0.3) is 22.2 Å². The van der Waals surface area contributed by atoms with Gasteiger partial charge in [0.2, 0.25) is 5.91 Å². The number of hydrogen-bond acceptors (Lipinski definition) is 4. The van der Waals surface area contributed by atoms with Gasteiger partial charge in [0.15, 0.2) is 5.16 Å². The van der Waals surface area contributed by atoms with Gasteiger partial charge in [0.1, 0.15) is 11.0 Å². The first kappa shape index (κ1) is 22.9. The molecule has 0 saturated carbocycles. The van der Waals surface area contributed by atoms with Gasteiger partial charge in [-0.2, -0.15) is 0 Å². The molecule has 1 amide bonds. The van der Waals surface area contributed by atoms with Crippen LogP contribution in [0.2, 0.25) is 0 Å². The number of hydrogen-bond donors (Lipinski definition) is 1. The first-order valence-electron chi connectivity index (χ1n) is 11.0. The molecule has 0 saturated heterocycles. The normalized spacial score (nSPS) is 11.2. The van der Waals surface area contributed by atoms with Crippen molar-refractivity contribution in [2.75, 3.05) is 11.1 Å². The topological polar surface area (TPSA) is 68.9 Å². The maximum atomic E-state index is 13.4. The van der Waals surface area contributed by atoms with E-state index in [2.05, 4.69) is 5.32 Å². The molecule has 0 aliphatic rings. The van der Waals surface area contributed by atoms with Crippen LogP contribution in [0, 0.1) is 13.8 Å². The van der Waals surface area contributed by atoms with Crippen molar-refractivity contribution in [3.8, 4) is 11.1 Å². The van der Waals surface area contributed by atoms with Gasteiger partial charge in [-0.05, 0) is 37.5 Å². The van der Waals surface area contributed by atoms with Gasteiger partial charge in [-0.25, -0.2) is 4.98 Å². The van der Waals surface area contributed by atoms with Crippen molar-refractivity contribution in [1.82, 2.24) is 14.1 Å². The van der Waals surface area contributed by atoms with Crippen LogP contribution >= 0.6 is 11.8 Å². The van der Waals surface area contributed by atoms with Crippen LogP contribution < -0.4 is 10.9 Å². The first-order chi connectivity index (χ1) is 15.9. The number of amides is 1. The second-order valence-electron chi connectivity index (χ2n) is 8.22. The molecule has 2 aromatic carbocycles. The number of nitrogens with one attached hydrogen (secondary N) is 1. The Hall–Kier alpha value is -3.32. The highest BCUT2D eigenvalue weighted by molar-refractivity contribution is 7.99. The number of rotatable bonds is 7. The van der Waals surface area contributed by atoms with E-state index in [1.165, 1.54) is 11.8 Å². The molecule has 4 aromatic rings. The summed E-state index contributed by atoms with van der Waals surface area (Å²) in [5.74, 6) is 0.0448. The summed E-state index contributed by atoms with van der Waals surface area (Å²) >= 11 is 1.30. The lowest BCUT2D eigenvalue weighted by Gasteiger charge is -2.13. The molecule has 7 heteroatoms. The molecule has 0 fully saturated rings. The first-order valence-corrected chi connectivity index (χ1v) is 12.0. The van der Waals surface area contributed by atoms with Crippen LogP contribution in [0.3, 0.4) is 0 Å². The number of carbonyl (C=O) groups is 1. The van der Waals surface area contributed by atoms with E-state index in [0.717, 1.165) is 34.4 Å². The van der Waals surface area contributed by atoms with E-state index in [-0.39, 0.29) is 17.2 Å². The molecule has 33 heavy (non-hydrogen) atoms. The van der Waals surface area contributed by atoms with Gasteiger partial charge in [-0.1, -0.05) is 66.7 Å². The molecule has 2 aromatic heterocycles. The minimum Gasteiger partial charge on any atom is -0.344 e. The number of aryl methyl sites for hydroxylation is 3. The van der Waals surface area contributed by atoms with Gasteiger partial charge < -0.3 is 9.88 Å². The average Bonchev–Trinajstić information content (AvgIpc) is 3.13. The van der Waals surface area contributed by atoms with Gasteiger partial charge in [0, 0.05) is 31.0 Å². The van der Waals surface area contributed by atoms with Crippen LogP contribution in [0.1, 0.15) is 24.5 Å². The fourth-order valence-corrected chi connectivity index (χ4v) is 4.80. The number of aromatic nitrogens is 3. The highest BCUT2D eigenvalue weighted by Crippen LogP contribution is 2.29. The van der Waals surface area contributed by atoms with E-state index in [0.29, 0.717) is 22.7 Å². The van der Waals surface area contributed by atoms with E-state index in [4.69, 9.17) is 4.98 Å². The van der Waals surface area contributed by atoms with Crippen LogP contribution in [0.15, 0.2) is 64.7 Å². The number of fused-ring (bicyclic) bond motifs is 1. The van der Waals surface area contributed by atoms with Crippen LogP contribution in [-0.2, 0) is 18.4 Å². The van der Waals surface area contributed by atoms with E-state index >= 15 is 0 Å². The second-order valence-corrected chi connectivity index (χ2v) is 9.17. The van der Waals surface area contributed by atoms with Gasteiger partial charge in [0.05, 0.1) is 5.75 Å². The molecule has 0 unspecified atom stereocenters. The van der Waals surface area contributed by atoms with Gasteiger partial charge in [-0.3, -0.25) is 14.2 Å². The van der Waals surface area contributed by atoms with Gasteiger partial charge >= 0.3 is 0 Å². The van der Waals surface area contributed by atoms with Crippen LogP contribution in [0.4, 0.5) is 5.69 Å². The van der Waals surface area contributed by atoms with Crippen molar-refractivity contribution in [3.63, 3.8) is 0 Å². The zero-order valence-electron chi connectivity index (χ0n) is 19.4. The van der Waals surface area contributed by atoms with Crippen molar-refractivity contribution in [2.24, 2.45) is 7.05 Å². The smallest absolute Gasteiger partial charge is 0.278 e. The molecule has 0 aliphatic carbocycles. The zero-order chi connectivity index (χ0) is 23.5. The van der Waals surface area contributed by atoms with Crippen molar-refractivity contribution in [1.29, 1.82) is 0 Å². The summed E-state index contributed by atoms with van der Waals surface area (Å²) in [7, 11) is 1.87. The summed E-state index contributed by atoms with van der Waals surface area (Å²) < 4.78 is 3.53. The number of benzene rings is 2. The summed E-state index contributed by atoms with van der Waals surface area (Å²) in [5.41, 5.74) is 6.05. The fraction of sp³-hybridized carbons (Fsp3) is 0.269. The summed E-state index contributed by atoms with van der Waals surface area (Å²) in [4.78, 5) is 31.0. The maximum absolute atomic E-state index is 13.4. The van der Waals surface area contributed by atoms with E-state index < -0.39 is 0 Å². The Balaban J connectivity index is 1.68. The molecule has 0 aliphatic heterocycles. The average molecular weight is 461 g/mol. The Kier molecular flexibility index (Phi) is 6.70. The van der Waals surface area contributed by atoms with Crippen LogP contribution in [-0.4, -0.2) is 25.8 Å². The molecule has 0 radical (unpaired) electrons. The minimum atomic E-state index is -0.124. The summed E-state index contributed by atoms with van der Waals surface area (Å²) in [6.45, 7) is 6.58. The standard InChI is InChI=1S/C26H28N4O2S/c1-5-13-30-25(32)24-23(20(15-29(24)4)19-9-7-6-8-10-19)28-26(30)33-16-22(31)27-21-12-11-17(2)14-18(21)3/h6-12,14-15H,5,13,16H2,1-4H3,(H,27,31). The second kappa shape index (κ2) is 9.67. The van der Waals surface area contributed by atoms with E-state index in [1.54, 1.807) is 4.57 Å². The van der Waals surface area contributed by atoms with Crippen molar-refractivity contribution in [3.05, 3.63) is 76.2 Å². The van der Waals surface area contributed by atoms with Crippen molar-refractivity contribution in [2.45, 2.75) is 38.9 Å². The molecule has 0 atom stereocenters. The molecule has 0 bridgehead atoms. The Morgan fingerprint density at radius 3 is 2.58 bits per heavy atom. The lowest BCUT2D eigenvalue weighted by molar-refractivity contribution is -0.113. The third-order valence-electron chi connectivity index (χ3n) is 5.56. The summed E-state index contributed by atoms with van der Waals surface area (Å²) in [6.07, 6.45) is 2.75. The third kappa shape index (κ3) is 4.73. The molecule has 1 N–H and O–H groups in total. The molecule has 2 heterocycles. The highest BCUT2D eigenvalue weighted by Gasteiger charge is 2.19. The molecule has 4 rings (SSSR count). The third-order valence-corrected chi connectivity index (χ3v) is 6.54. The maximum Gasteiger partial charge on any atom is 0.278 e. The lowest BCUT2D eigenvalue weighted by atomic mass is 10.1. The zero-order valence-corrected chi connectivity index (χ0v) is 20.2. The fourth-order valence-electron chi connectivity index (χ4n) is 3.98. The Bertz CT molecular complexity index is 1370. The number of carbonyl (C=O) groups excluding carboxylic acids is 1. The lowest BCUT2D eigenvalue weighted by Crippen LogP contribution is -2.25. The van der Waals surface area contributed by atoms with E-state index in [9.17, 15) is 9.59 Å². The molecule has 0 spiro atoms. The summed E-state index contributed by atoms with van der Waals surface area (Å²) in [5, 5.41) is 3.54. The number of anilines is 1. The molecular weight excluding hydrogens is 432 g/mol. The molecular formula is C26H28N4O2S. The highest BCUT2D eigenvalue weighted by atomic mass is 32.2. The quantitative estimate of drug-likeness (QED) is 0.306. The number of nitrogens with zero attached hydrogens (tertiary/aromatic N) is 3. The molecule has 170 valence electrons. The van der Waals surface area contributed by atoms with Crippen LogP contribution in [0.5, 0.6) is 0 Å². The Labute approximate surface area is 197 Å². The SMILES string of the molecule is CCCn1c(SCC(=O)Nc2ccc(C)cc2C)nc2c(-c3ccccc3)cn(C)c2c1=O. The van der Waals surface area contributed by atoms with Crippen molar-refractivity contribution < 1.29 is 4.79 Å². The number of thioether (sulfide) groups is 1. The summed E-state index contributed by atoms with van der Waals surface area (Å²) in [6, 6.07) is 15.9. The largest absolute Gasteiger partial charge is 0.344 e. The Morgan fingerprint density at radius 1 is 1.12 bits per heavy atom. The van der Waals surface area contributed by atoms with Gasteiger partial charge in [-0.15, -0.1) is 0 Å². The van der Waals surface area contributed by atoms with E-state index in [1.807, 2.05) is 87.1 Å². The predicted molar refractivity (Wildman–Crippen MR) is 136 cm³/mol. The monoisotopic (exact) mass is 460 g/mol. The minimum absolute atomic E-state index is 0.0798. The molecule has 6 nitrogen and oxygen atoms in total. The Morgan fingerprint density at radius 2 is 1.88 bits per heavy atom. The van der Waals surface area contributed by atoms with Gasteiger partial charge in [0.25, 0.3) is 5.56 Å². The predicted octanol–water partition coefficient (Wildman–Crippen LogP) is 5.16.